The van der Waals surface area contributed by atoms with Crippen molar-refractivity contribution in [1.29, 1.82) is 0 Å². The number of hydrogen-bond acceptors (Lipinski definition) is 5. The Morgan fingerprint density at radius 1 is 1.14 bits per heavy atom. The van der Waals surface area contributed by atoms with E-state index in [1.54, 1.807) is 31.2 Å². The monoisotopic (exact) mass is 284 g/mol. The van der Waals surface area contributed by atoms with Gasteiger partial charge in [0.05, 0.1) is 10.6 Å². The number of nitro benzene ring substituents is 1. The Morgan fingerprint density at radius 2 is 1.76 bits per heavy atom. The summed E-state index contributed by atoms with van der Waals surface area (Å²) in [5, 5.41) is 14.5. The zero-order valence-corrected chi connectivity index (χ0v) is 11.2. The van der Waals surface area contributed by atoms with Crippen LogP contribution in [0.25, 0.3) is 0 Å². The summed E-state index contributed by atoms with van der Waals surface area (Å²) in [4.78, 5) is 25.7. The number of benzene rings is 1. The highest BCUT2D eigenvalue weighted by Gasteiger charge is 2.06. The summed E-state index contributed by atoms with van der Waals surface area (Å²) in [7, 11) is 0. The Balaban J connectivity index is 2.07. The van der Waals surface area contributed by atoms with Gasteiger partial charge >= 0.3 is 0 Å². The second kappa shape index (κ2) is 6.38. The minimum absolute atomic E-state index is 0.00683. The minimum atomic E-state index is -0.471. The normalized spacial score (nSPS) is 11.0. The molecular weight excluding hydrogens is 272 g/mol. The molecule has 1 heterocycles. The Morgan fingerprint density at radius 3 is 2.33 bits per heavy atom. The average molecular weight is 284 g/mol. The van der Waals surface area contributed by atoms with E-state index in [1.807, 2.05) is 0 Å². The third kappa shape index (κ3) is 3.69. The number of amides is 1. The van der Waals surface area contributed by atoms with E-state index in [1.165, 1.54) is 24.5 Å². The number of nitrogens with zero attached hydrogens (tertiary/aromatic N) is 3. The van der Waals surface area contributed by atoms with Crippen LogP contribution in [0.1, 0.15) is 22.8 Å². The lowest BCUT2D eigenvalue weighted by Gasteiger charge is -2.02. The Hall–Kier alpha value is -3.09. The molecule has 1 N–H and O–H groups in total. The van der Waals surface area contributed by atoms with Gasteiger partial charge in [0.2, 0.25) is 0 Å². The number of hydrogen-bond donors (Lipinski definition) is 1. The Kier molecular flexibility index (Phi) is 4.35. The van der Waals surface area contributed by atoms with Gasteiger partial charge in [-0.1, -0.05) is 0 Å². The molecule has 0 bridgehead atoms. The van der Waals surface area contributed by atoms with Gasteiger partial charge < -0.3 is 0 Å². The molecule has 0 atom stereocenters. The topological polar surface area (TPSA) is 97.5 Å². The van der Waals surface area contributed by atoms with E-state index in [0.717, 1.165) is 0 Å². The highest BCUT2D eigenvalue weighted by atomic mass is 16.6. The molecule has 2 rings (SSSR count). The molecule has 0 saturated carbocycles. The van der Waals surface area contributed by atoms with Crippen LogP contribution >= 0.6 is 0 Å². The van der Waals surface area contributed by atoms with Crippen molar-refractivity contribution < 1.29 is 9.72 Å². The molecule has 0 aliphatic heterocycles. The van der Waals surface area contributed by atoms with Crippen molar-refractivity contribution in [2.75, 3.05) is 0 Å². The number of aromatic nitrogens is 1. The molecule has 1 amide bonds. The van der Waals surface area contributed by atoms with E-state index >= 15 is 0 Å². The molecule has 1 aromatic heterocycles. The number of pyridine rings is 1. The van der Waals surface area contributed by atoms with E-state index in [0.29, 0.717) is 16.8 Å². The second-order valence-electron chi connectivity index (χ2n) is 4.18. The molecule has 0 aliphatic rings. The summed E-state index contributed by atoms with van der Waals surface area (Å²) >= 11 is 0. The minimum Gasteiger partial charge on any atom is -0.267 e. The highest BCUT2D eigenvalue weighted by Crippen LogP contribution is 2.12. The largest absolute Gasteiger partial charge is 0.271 e. The molecule has 7 heteroatoms. The smallest absolute Gasteiger partial charge is 0.267 e. The van der Waals surface area contributed by atoms with Crippen LogP contribution in [0.5, 0.6) is 0 Å². The molecule has 0 spiro atoms. The molecule has 106 valence electrons. The highest BCUT2D eigenvalue weighted by molar-refractivity contribution is 6.00. The van der Waals surface area contributed by atoms with E-state index in [-0.39, 0.29) is 11.6 Å². The number of hydrazone groups is 1. The van der Waals surface area contributed by atoms with Gasteiger partial charge in [-0.05, 0) is 36.8 Å². The van der Waals surface area contributed by atoms with Crippen LogP contribution in [-0.4, -0.2) is 21.5 Å². The lowest BCUT2D eigenvalue weighted by molar-refractivity contribution is -0.384. The molecule has 7 nitrogen and oxygen atoms in total. The van der Waals surface area contributed by atoms with Gasteiger partial charge in [0.15, 0.2) is 0 Å². The predicted molar refractivity (Wildman–Crippen MR) is 77.0 cm³/mol. The van der Waals surface area contributed by atoms with E-state index in [4.69, 9.17) is 0 Å². The number of non-ortho nitro benzene ring substituents is 1. The first-order chi connectivity index (χ1) is 10.1. The predicted octanol–water partition coefficient (Wildman–Crippen LogP) is 2.14. The Labute approximate surface area is 120 Å². The zero-order valence-electron chi connectivity index (χ0n) is 11.2. The van der Waals surface area contributed by atoms with Crippen molar-refractivity contribution >= 4 is 17.3 Å². The molecule has 0 fully saturated rings. The van der Waals surface area contributed by atoms with Gasteiger partial charge in [-0.2, -0.15) is 5.10 Å². The van der Waals surface area contributed by atoms with Crippen molar-refractivity contribution in [2.45, 2.75) is 6.92 Å². The molecule has 21 heavy (non-hydrogen) atoms. The van der Waals surface area contributed by atoms with Gasteiger partial charge in [0, 0.05) is 30.1 Å². The summed E-state index contributed by atoms with van der Waals surface area (Å²) in [5.74, 6) is -0.348. The van der Waals surface area contributed by atoms with Crippen molar-refractivity contribution in [2.24, 2.45) is 5.10 Å². The van der Waals surface area contributed by atoms with E-state index in [2.05, 4.69) is 15.5 Å². The average Bonchev–Trinajstić information content (AvgIpc) is 2.53. The number of rotatable bonds is 4. The van der Waals surface area contributed by atoms with Crippen LogP contribution < -0.4 is 5.43 Å². The van der Waals surface area contributed by atoms with Crippen LogP contribution in [0.3, 0.4) is 0 Å². The van der Waals surface area contributed by atoms with Gasteiger partial charge in [0.1, 0.15) is 0 Å². The van der Waals surface area contributed by atoms with Gasteiger partial charge in [0.25, 0.3) is 11.6 Å². The summed E-state index contributed by atoms with van der Waals surface area (Å²) in [6, 6.07) is 9.08. The number of nitro groups is 1. The molecular formula is C14H12N4O3. The summed E-state index contributed by atoms with van der Waals surface area (Å²) < 4.78 is 0. The lowest BCUT2D eigenvalue weighted by atomic mass is 10.1. The van der Waals surface area contributed by atoms with E-state index < -0.39 is 4.92 Å². The fraction of sp³-hybridized carbons (Fsp3) is 0.0714. The third-order valence-corrected chi connectivity index (χ3v) is 2.76. The SMILES string of the molecule is C/C(=N/NC(=O)c1ccncc1)c1ccc([N+](=O)[O-])cc1. The molecule has 0 saturated heterocycles. The number of nitrogens with one attached hydrogen (secondary N) is 1. The summed E-state index contributed by atoms with van der Waals surface area (Å²) in [6.45, 7) is 1.70. The maximum absolute atomic E-state index is 11.8. The van der Waals surface area contributed by atoms with Crippen molar-refractivity contribution in [3.8, 4) is 0 Å². The zero-order chi connectivity index (χ0) is 15.2. The fourth-order valence-electron chi connectivity index (χ4n) is 1.59. The maximum atomic E-state index is 11.8. The first-order valence-electron chi connectivity index (χ1n) is 6.07. The van der Waals surface area contributed by atoms with Crippen LogP contribution in [0.15, 0.2) is 53.9 Å². The quantitative estimate of drug-likeness (QED) is 0.528. The number of carbonyl (C=O) groups is 1. The van der Waals surface area contributed by atoms with Crippen LogP contribution in [0, 0.1) is 10.1 Å². The fourth-order valence-corrected chi connectivity index (χ4v) is 1.59. The van der Waals surface area contributed by atoms with Gasteiger partial charge in [-0.3, -0.25) is 19.9 Å². The standard InChI is InChI=1S/C14H12N4O3/c1-10(11-2-4-13(5-3-11)18(20)21)16-17-14(19)12-6-8-15-9-7-12/h2-9H,1H3,(H,17,19)/b16-10-. The lowest BCUT2D eigenvalue weighted by Crippen LogP contribution is -2.19. The molecule has 1 aromatic carbocycles. The maximum Gasteiger partial charge on any atom is 0.271 e. The summed E-state index contributed by atoms with van der Waals surface area (Å²) in [6.07, 6.45) is 3.03. The van der Waals surface area contributed by atoms with Crippen LogP contribution in [-0.2, 0) is 0 Å². The molecule has 0 unspecified atom stereocenters. The van der Waals surface area contributed by atoms with Crippen molar-refractivity contribution in [3.05, 3.63) is 70.0 Å². The first-order valence-corrected chi connectivity index (χ1v) is 6.07. The van der Waals surface area contributed by atoms with Gasteiger partial charge in [-0.15, -0.1) is 0 Å². The van der Waals surface area contributed by atoms with Gasteiger partial charge in [-0.25, -0.2) is 5.43 Å². The van der Waals surface area contributed by atoms with E-state index in [9.17, 15) is 14.9 Å². The summed E-state index contributed by atoms with van der Waals surface area (Å²) in [5.41, 5.74) is 4.12. The third-order valence-electron chi connectivity index (χ3n) is 2.76. The second-order valence-corrected chi connectivity index (χ2v) is 4.18. The van der Waals surface area contributed by atoms with Crippen LogP contribution in [0.4, 0.5) is 5.69 Å². The van der Waals surface area contributed by atoms with Crippen molar-refractivity contribution in [1.82, 2.24) is 10.4 Å². The van der Waals surface area contributed by atoms with Crippen LogP contribution in [0.2, 0.25) is 0 Å². The first kappa shape index (κ1) is 14.3. The molecule has 0 aliphatic carbocycles. The Bertz CT molecular complexity index is 681. The molecule has 0 radical (unpaired) electrons. The molecule has 2 aromatic rings. The number of carbonyl (C=O) groups excluding carboxylic acids is 1. The van der Waals surface area contributed by atoms with Crippen molar-refractivity contribution in [3.63, 3.8) is 0 Å².